The number of benzene rings is 1. The van der Waals surface area contributed by atoms with Crippen molar-refractivity contribution >= 4 is 29.0 Å². The molecule has 0 radical (unpaired) electrons. The Morgan fingerprint density at radius 3 is 2.35 bits per heavy atom. The van der Waals surface area contributed by atoms with Crippen molar-refractivity contribution in [3.63, 3.8) is 0 Å². The van der Waals surface area contributed by atoms with Crippen LogP contribution in [0.3, 0.4) is 0 Å². The Balaban J connectivity index is 3.30. The van der Waals surface area contributed by atoms with E-state index in [1.54, 1.807) is 11.0 Å². The molecule has 4 N–H and O–H groups in total. The van der Waals surface area contributed by atoms with Gasteiger partial charge in [0.2, 0.25) is 0 Å². The number of hydrogen-bond acceptors (Lipinski definition) is 2. The highest BCUT2D eigenvalue weighted by Gasteiger charge is 2.20. The minimum Gasteiger partial charge on any atom is -0.369 e. The lowest BCUT2D eigenvalue weighted by molar-refractivity contribution is 1.02. The molecule has 0 amide bonds. The minimum absolute atomic E-state index is 0.0813. The van der Waals surface area contributed by atoms with Gasteiger partial charge in [-0.1, -0.05) is 38.1 Å². The molecular formula is C15H22N4S. The molecular weight excluding hydrogens is 268 g/mol. The fourth-order valence-electron chi connectivity index (χ4n) is 2.07. The van der Waals surface area contributed by atoms with Crippen LogP contribution in [-0.2, 0) is 12.8 Å². The summed E-state index contributed by atoms with van der Waals surface area (Å²) in [7, 11) is 0. The van der Waals surface area contributed by atoms with Gasteiger partial charge in [0.1, 0.15) is 0 Å². The smallest absolute Gasteiger partial charge is 0.199 e. The number of nitrogens with zero attached hydrogens (tertiary/aromatic N) is 1. The van der Waals surface area contributed by atoms with Crippen molar-refractivity contribution in [3.8, 4) is 0 Å². The third-order valence-corrected chi connectivity index (χ3v) is 3.36. The van der Waals surface area contributed by atoms with Crippen LogP contribution < -0.4 is 16.0 Å². The topological polar surface area (TPSA) is 65.1 Å². The number of rotatable bonds is 5. The monoisotopic (exact) mass is 290 g/mol. The first-order valence-electron chi connectivity index (χ1n) is 6.70. The number of aryl methyl sites for hydroxylation is 2. The zero-order valence-corrected chi connectivity index (χ0v) is 12.9. The molecule has 0 aromatic heterocycles. The molecule has 0 bridgehead atoms. The predicted molar refractivity (Wildman–Crippen MR) is 90.4 cm³/mol. The van der Waals surface area contributed by atoms with E-state index in [-0.39, 0.29) is 5.96 Å². The Kier molecular flexibility index (Phi) is 6.18. The molecule has 0 aliphatic carbocycles. The molecule has 0 aliphatic heterocycles. The SMILES string of the molecule is C=CCNC(=S)N(C(=N)N)c1c(CC)cccc1CC. The number of guanidine groups is 1. The zero-order valence-electron chi connectivity index (χ0n) is 12.1. The van der Waals surface area contributed by atoms with Crippen molar-refractivity contribution in [1.82, 2.24) is 5.32 Å². The van der Waals surface area contributed by atoms with E-state index in [2.05, 4.69) is 25.7 Å². The molecule has 1 aromatic rings. The predicted octanol–water partition coefficient (Wildman–Crippen LogP) is 2.57. The Hall–Kier alpha value is -1.88. The minimum atomic E-state index is -0.0813. The van der Waals surface area contributed by atoms with Crippen molar-refractivity contribution in [2.45, 2.75) is 26.7 Å². The first kappa shape index (κ1) is 16.2. The molecule has 0 unspecified atom stereocenters. The van der Waals surface area contributed by atoms with E-state index < -0.39 is 0 Å². The van der Waals surface area contributed by atoms with Gasteiger partial charge in [-0.15, -0.1) is 6.58 Å². The average molecular weight is 290 g/mol. The highest BCUT2D eigenvalue weighted by Crippen LogP contribution is 2.27. The number of nitrogens with two attached hydrogens (primary N) is 1. The summed E-state index contributed by atoms with van der Waals surface area (Å²) in [6, 6.07) is 6.11. The van der Waals surface area contributed by atoms with Gasteiger partial charge in [-0.2, -0.15) is 0 Å². The number of nitrogens with one attached hydrogen (secondary N) is 2. The molecule has 5 heteroatoms. The van der Waals surface area contributed by atoms with Crippen LogP contribution in [0.4, 0.5) is 5.69 Å². The van der Waals surface area contributed by atoms with E-state index >= 15 is 0 Å². The molecule has 4 nitrogen and oxygen atoms in total. The van der Waals surface area contributed by atoms with E-state index in [4.69, 9.17) is 23.4 Å². The summed E-state index contributed by atoms with van der Waals surface area (Å²) in [6.45, 7) is 8.35. The van der Waals surface area contributed by atoms with Crippen LogP contribution in [0.25, 0.3) is 0 Å². The lowest BCUT2D eigenvalue weighted by atomic mass is 10.0. The molecule has 0 spiro atoms. The fourth-order valence-corrected chi connectivity index (χ4v) is 2.35. The lowest BCUT2D eigenvalue weighted by Crippen LogP contribution is -2.47. The highest BCUT2D eigenvalue weighted by molar-refractivity contribution is 7.80. The van der Waals surface area contributed by atoms with Gasteiger partial charge in [0, 0.05) is 6.54 Å². The number of thiocarbonyl (C=S) groups is 1. The van der Waals surface area contributed by atoms with Crippen LogP contribution in [0.2, 0.25) is 0 Å². The molecule has 0 saturated carbocycles. The number of hydrogen-bond donors (Lipinski definition) is 3. The third-order valence-electron chi connectivity index (χ3n) is 3.03. The molecule has 0 fully saturated rings. The summed E-state index contributed by atoms with van der Waals surface area (Å²) in [5.41, 5.74) is 8.92. The zero-order chi connectivity index (χ0) is 15.1. The van der Waals surface area contributed by atoms with Crippen molar-refractivity contribution in [2.75, 3.05) is 11.4 Å². The van der Waals surface area contributed by atoms with Gasteiger partial charge in [0.15, 0.2) is 11.1 Å². The fraction of sp³-hybridized carbons (Fsp3) is 0.333. The molecule has 0 atom stereocenters. The maximum atomic E-state index is 7.85. The van der Waals surface area contributed by atoms with Crippen LogP contribution in [0.15, 0.2) is 30.9 Å². The van der Waals surface area contributed by atoms with Crippen LogP contribution in [0.1, 0.15) is 25.0 Å². The van der Waals surface area contributed by atoms with E-state index in [9.17, 15) is 0 Å². The first-order valence-corrected chi connectivity index (χ1v) is 7.11. The van der Waals surface area contributed by atoms with Gasteiger partial charge in [0.05, 0.1) is 5.69 Å². The summed E-state index contributed by atoms with van der Waals surface area (Å²) in [5.74, 6) is -0.0813. The Labute approximate surface area is 126 Å². The van der Waals surface area contributed by atoms with Gasteiger partial charge in [-0.25, -0.2) is 0 Å². The van der Waals surface area contributed by atoms with E-state index in [1.807, 2.05) is 18.2 Å². The van der Waals surface area contributed by atoms with Crippen LogP contribution in [0, 0.1) is 5.41 Å². The van der Waals surface area contributed by atoms with Crippen molar-refractivity contribution < 1.29 is 0 Å². The second-order valence-electron chi connectivity index (χ2n) is 4.33. The Bertz CT molecular complexity index is 488. The molecule has 108 valence electrons. The summed E-state index contributed by atoms with van der Waals surface area (Å²) in [6.07, 6.45) is 3.44. The lowest BCUT2D eigenvalue weighted by Gasteiger charge is -2.28. The Morgan fingerprint density at radius 1 is 1.40 bits per heavy atom. The third kappa shape index (κ3) is 3.57. The standard InChI is InChI=1S/C15H22N4S/c1-4-10-18-15(20)19(14(16)17)13-11(5-2)8-7-9-12(13)6-3/h4,7-9H,1,5-6,10H2,2-3H3,(H3,16,17)(H,18,20). The second-order valence-corrected chi connectivity index (χ2v) is 4.71. The number of anilines is 1. The highest BCUT2D eigenvalue weighted by atomic mass is 32.1. The summed E-state index contributed by atoms with van der Waals surface area (Å²) in [5, 5.41) is 11.3. The van der Waals surface area contributed by atoms with Crippen molar-refractivity contribution in [2.24, 2.45) is 5.73 Å². The summed E-state index contributed by atoms with van der Waals surface area (Å²) in [4.78, 5) is 1.59. The second kappa shape index (κ2) is 7.65. The Morgan fingerprint density at radius 2 is 1.95 bits per heavy atom. The van der Waals surface area contributed by atoms with Gasteiger partial charge in [-0.3, -0.25) is 10.3 Å². The maximum Gasteiger partial charge on any atom is 0.199 e. The van der Waals surface area contributed by atoms with Gasteiger partial charge >= 0.3 is 0 Å². The average Bonchev–Trinajstić information content (AvgIpc) is 2.44. The first-order chi connectivity index (χ1) is 9.56. The van der Waals surface area contributed by atoms with E-state index in [0.29, 0.717) is 11.7 Å². The van der Waals surface area contributed by atoms with E-state index in [0.717, 1.165) is 29.7 Å². The molecule has 0 aliphatic rings. The maximum absolute atomic E-state index is 7.85. The van der Waals surface area contributed by atoms with Crippen molar-refractivity contribution in [1.29, 1.82) is 5.41 Å². The quantitative estimate of drug-likeness (QED) is 0.337. The number of para-hydroxylation sites is 1. The van der Waals surface area contributed by atoms with Gasteiger partial charge in [0.25, 0.3) is 0 Å². The van der Waals surface area contributed by atoms with Crippen molar-refractivity contribution in [3.05, 3.63) is 42.0 Å². The van der Waals surface area contributed by atoms with Gasteiger partial charge in [-0.05, 0) is 36.2 Å². The largest absolute Gasteiger partial charge is 0.369 e. The molecule has 0 saturated heterocycles. The summed E-state index contributed by atoms with van der Waals surface area (Å²) >= 11 is 5.36. The normalized spacial score (nSPS) is 9.90. The molecule has 1 aromatic carbocycles. The summed E-state index contributed by atoms with van der Waals surface area (Å²) < 4.78 is 0. The van der Waals surface area contributed by atoms with Crippen LogP contribution in [-0.4, -0.2) is 17.6 Å². The molecule has 20 heavy (non-hydrogen) atoms. The van der Waals surface area contributed by atoms with Crippen LogP contribution >= 0.6 is 12.2 Å². The molecule has 0 heterocycles. The van der Waals surface area contributed by atoms with Gasteiger partial charge < -0.3 is 11.1 Å². The van der Waals surface area contributed by atoms with E-state index in [1.165, 1.54) is 0 Å². The van der Waals surface area contributed by atoms with Crippen LogP contribution in [0.5, 0.6) is 0 Å². The molecule has 1 rings (SSSR count).